The largest absolute Gasteiger partial charge is 0.461 e. The van der Waals surface area contributed by atoms with Crippen LogP contribution in [0.15, 0.2) is 0 Å². The summed E-state index contributed by atoms with van der Waals surface area (Å²) in [6.45, 7) is 15.3. The zero-order chi connectivity index (χ0) is 67.5. The maximum absolute atomic E-state index is 14.1. The van der Waals surface area contributed by atoms with Crippen LogP contribution in [0.5, 0.6) is 0 Å². The molecule has 0 bridgehead atoms. The van der Waals surface area contributed by atoms with Crippen LogP contribution in [0, 0.1) is 10.8 Å². The highest BCUT2D eigenvalue weighted by molar-refractivity contribution is 5.73. The average Bonchev–Trinajstić information content (AvgIpc) is 1.42. The molecule has 0 amide bonds. The Morgan fingerprint density at radius 1 is 0.225 bits per heavy atom. The van der Waals surface area contributed by atoms with Gasteiger partial charge < -0.3 is 60.1 Å². The Bertz CT molecular complexity index is 1600. The smallest absolute Gasteiger partial charge is 0.361 e. The van der Waals surface area contributed by atoms with Gasteiger partial charge in [-0.1, -0.05) is 119 Å². The van der Waals surface area contributed by atoms with E-state index in [9.17, 15) is 28.8 Å². The molecule has 0 aromatic rings. The number of hydrogen-bond donors (Lipinski definition) is 0. The first-order chi connectivity index (χ1) is 41.7. The van der Waals surface area contributed by atoms with Crippen LogP contribution in [0.3, 0.4) is 0 Å². The van der Waals surface area contributed by atoms with Crippen molar-refractivity contribution in [3.05, 3.63) is 0 Å². The van der Waals surface area contributed by atoms with E-state index in [0.29, 0.717) is 26.9 Å². The fraction of sp³-hybridized carbons (Fsp3) is 0.914. The van der Waals surface area contributed by atoms with Crippen LogP contribution in [0.25, 0.3) is 0 Å². The fourth-order valence-electron chi connectivity index (χ4n) is 11.0. The average molecular weight is 1280 g/mol. The van der Waals surface area contributed by atoms with Gasteiger partial charge in [0, 0.05) is 0 Å². The summed E-state index contributed by atoms with van der Waals surface area (Å²) in [5.41, 5.74) is -2.94. The molecule has 0 saturated carbocycles. The van der Waals surface area contributed by atoms with Gasteiger partial charge in [0.1, 0.15) is 39.6 Å². The topological polar surface area (TPSA) is 167 Å². The number of carbonyl (C=O) groups excluding carboxylic acids is 6. The fourth-order valence-corrected chi connectivity index (χ4v) is 11.0. The quantitative estimate of drug-likeness (QED) is 0.0245. The molecule has 19 nitrogen and oxygen atoms in total. The van der Waals surface area contributed by atoms with Gasteiger partial charge >= 0.3 is 35.8 Å². The lowest BCUT2D eigenvalue weighted by atomic mass is 9.90. The Labute approximate surface area is 545 Å². The van der Waals surface area contributed by atoms with Crippen molar-refractivity contribution in [1.29, 1.82) is 0 Å². The van der Waals surface area contributed by atoms with Gasteiger partial charge in [0.25, 0.3) is 0 Å². The van der Waals surface area contributed by atoms with E-state index in [2.05, 4.69) is 41.5 Å². The second-order valence-corrected chi connectivity index (χ2v) is 30.7. The van der Waals surface area contributed by atoms with Crippen LogP contribution >= 0.6 is 0 Å². The van der Waals surface area contributed by atoms with Crippen molar-refractivity contribution >= 4 is 35.8 Å². The highest BCUT2D eigenvalue weighted by Crippen LogP contribution is 2.28. The standard InChI is InChI=1S/C70H142N6O13/c1-19-25-31-37-43-71(7,8)49-63(77)84-57-69(58-85-64(78)50-72(9,10)44-38-32-26-20-2,59-86-65(79)51-73(11,12)45-39-33-27-21-3)55-83-56-70(60-87-66(80)52-74(13,14)46-40-34-28-22-4,61-88-67(81)53-75(15,16)47-41-35-29-23-5)62-89-68(82)54-76(17,18)48-42-36-30-24-6/h19-62H2,1-18H3/q+6. The summed E-state index contributed by atoms with van der Waals surface area (Å²) in [5, 5.41) is 0. The van der Waals surface area contributed by atoms with Crippen LogP contribution in [-0.4, -0.2) is 279 Å². The van der Waals surface area contributed by atoms with Gasteiger partial charge in [-0.05, 0) is 77.0 Å². The van der Waals surface area contributed by atoms with E-state index in [1.54, 1.807) is 0 Å². The minimum absolute atomic E-state index is 0.0675. The van der Waals surface area contributed by atoms with Crippen LogP contribution in [0.2, 0.25) is 0 Å². The highest BCUT2D eigenvalue weighted by atomic mass is 16.6. The zero-order valence-corrected chi connectivity index (χ0v) is 61.1. The number of carbonyl (C=O) groups is 6. The molecule has 0 aliphatic carbocycles. The molecule has 0 aliphatic rings. The number of nitrogens with zero attached hydrogens (tertiary/aromatic N) is 6. The monoisotopic (exact) mass is 1280 g/mol. The highest BCUT2D eigenvalue weighted by Gasteiger charge is 2.43. The van der Waals surface area contributed by atoms with E-state index >= 15 is 0 Å². The maximum atomic E-state index is 14.1. The summed E-state index contributed by atoms with van der Waals surface area (Å²) >= 11 is 0. The molecular formula is C70H142N6O13+6. The number of esters is 6. The summed E-state index contributed by atoms with van der Waals surface area (Å²) in [7, 11) is 24.0. The van der Waals surface area contributed by atoms with Crippen molar-refractivity contribution in [1.82, 2.24) is 0 Å². The predicted octanol–water partition coefficient (Wildman–Crippen LogP) is 10.2. The first-order valence-corrected chi connectivity index (χ1v) is 35.1. The molecule has 0 saturated heterocycles. The first kappa shape index (κ1) is 85.5. The molecule has 0 spiro atoms. The summed E-state index contributed by atoms with van der Waals surface area (Å²) in [4.78, 5) is 84.8. The molecule has 0 N–H and O–H groups in total. The molecule has 524 valence electrons. The third-order valence-corrected chi connectivity index (χ3v) is 17.1. The van der Waals surface area contributed by atoms with Gasteiger partial charge in [-0.15, -0.1) is 0 Å². The van der Waals surface area contributed by atoms with E-state index in [1.165, 1.54) is 0 Å². The predicted molar refractivity (Wildman–Crippen MR) is 357 cm³/mol. The summed E-state index contributed by atoms with van der Waals surface area (Å²) in [6.07, 6.45) is 25.2. The van der Waals surface area contributed by atoms with Crippen molar-refractivity contribution in [2.75, 3.05) is 216 Å². The van der Waals surface area contributed by atoms with Crippen LogP contribution in [0.4, 0.5) is 0 Å². The van der Waals surface area contributed by atoms with Crippen molar-refractivity contribution in [2.45, 2.75) is 196 Å². The Morgan fingerprint density at radius 2 is 0.371 bits per heavy atom. The minimum Gasteiger partial charge on any atom is -0.461 e. The van der Waals surface area contributed by atoms with Gasteiger partial charge in [-0.2, -0.15) is 0 Å². The van der Waals surface area contributed by atoms with E-state index in [0.717, 1.165) is 193 Å². The number of ether oxygens (including phenoxy) is 7. The van der Waals surface area contributed by atoms with Crippen molar-refractivity contribution in [3.63, 3.8) is 0 Å². The van der Waals surface area contributed by atoms with Crippen molar-refractivity contribution in [3.8, 4) is 0 Å². The molecule has 0 aliphatic heterocycles. The van der Waals surface area contributed by atoms with Crippen molar-refractivity contribution in [2.24, 2.45) is 10.8 Å². The molecule has 0 fully saturated rings. The Hall–Kier alpha value is -3.46. The third-order valence-electron chi connectivity index (χ3n) is 17.1. The summed E-state index contributed by atoms with van der Waals surface area (Å²) < 4.78 is 46.6. The van der Waals surface area contributed by atoms with Crippen LogP contribution in [0.1, 0.15) is 196 Å². The van der Waals surface area contributed by atoms with E-state index in [-0.39, 0.29) is 92.1 Å². The normalized spacial score (nSPS) is 12.9. The molecule has 0 radical (unpaired) electrons. The van der Waals surface area contributed by atoms with E-state index in [4.69, 9.17) is 33.2 Å². The molecule has 19 heteroatoms. The molecule has 0 atom stereocenters. The number of hydrogen-bond acceptors (Lipinski definition) is 13. The second kappa shape index (κ2) is 45.8. The number of rotatable bonds is 58. The Kier molecular flexibility index (Phi) is 44.0. The van der Waals surface area contributed by atoms with Gasteiger partial charge in [-0.3, -0.25) is 0 Å². The number of likely N-dealkylation sites (N-methyl/N-ethyl adjacent to an activating group) is 6. The minimum atomic E-state index is -1.47. The van der Waals surface area contributed by atoms with E-state index < -0.39 is 46.6 Å². The zero-order valence-electron chi connectivity index (χ0n) is 61.1. The number of quaternary nitrogens is 6. The molecular weight excluding hydrogens is 1130 g/mol. The molecule has 0 unspecified atom stereocenters. The summed E-state index contributed by atoms with van der Waals surface area (Å²) in [5.74, 6) is -2.88. The lowest BCUT2D eigenvalue weighted by molar-refractivity contribution is -0.883. The van der Waals surface area contributed by atoms with Gasteiger partial charge in [-0.25, -0.2) is 28.8 Å². The lowest BCUT2D eigenvalue weighted by Gasteiger charge is -2.37. The van der Waals surface area contributed by atoms with Crippen molar-refractivity contribution < 1.29 is 88.8 Å². The van der Waals surface area contributed by atoms with Gasteiger partial charge in [0.05, 0.1) is 148 Å². The Balaban J connectivity index is 7.98. The van der Waals surface area contributed by atoms with E-state index in [1.807, 2.05) is 84.6 Å². The third kappa shape index (κ3) is 45.5. The number of unbranched alkanes of at least 4 members (excludes halogenated alkanes) is 18. The molecule has 0 aromatic carbocycles. The van der Waals surface area contributed by atoms with Crippen LogP contribution < -0.4 is 0 Å². The maximum Gasteiger partial charge on any atom is 0.361 e. The van der Waals surface area contributed by atoms with Gasteiger partial charge in [0.2, 0.25) is 0 Å². The SMILES string of the molecule is CCCCCC[N+](C)(C)CC(=O)OCC(COCC(COC(=O)C[N+](C)(C)CCCCCC)(COC(=O)C[N+](C)(C)CCCCCC)COC(=O)C[N+](C)(C)CCCCCC)(COC(=O)C[N+](C)(C)CCCCCC)COC(=O)C[N+](C)(C)CCCCCC. The molecule has 0 rings (SSSR count). The second-order valence-electron chi connectivity index (χ2n) is 30.7. The molecule has 0 heterocycles. The Morgan fingerprint density at radius 3 is 0.506 bits per heavy atom. The van der Waals surface area contributed by atoms with Gasteiger partial charge in [0.15, 0.2) is 39.3 Å². The molecule has 89 heavy (non-hydrogen) atoms. The lowest BCUT2D eigenvalue weighted by Crippen LogP contribution is -2.51. The van der Waals surface area contributed by atoms with Crippen LogP contribution in [-0.2, 0) is 61.9 Å². The molecule has 0 aromatic heterocycles. The first-order valence-electron chi connectivity index (χ1n) is 35.1. The summed E-state index contributed by atoms with van der Waals surface area (Å²) in [6, 6.07) is 0.